The van der Waals surface area contributed by atoms with Crippen molar-refractivity contribution in [2.24, 2.45) is 23.7 Å². The van der Waals surface area contributed by atoms with Crippen LogP contribution >= 0.6 is 11.8 Å². The number of amides is 3. The van der Waals surface area contributed by atoms with Gasteiger partial charge in [-0.2, -0.15) is 0 Å². The first-order valence-corrected chi connectivity index (χ1v) is 13.6. The minimum absolute atomic E-state index is 0.0445. The number of hydrogen-bond acceptors (Lipinski definition) is 3. The molecule has 7 aliphatic rings. The van der Waals surface area contributed by atoms with Crippen molar-refractivity contribution >= 4 is 23.7 Å². The molecule has 0 aromatic carbocycles. The lowest BCUT2D eigenvalue weighted by atomic mass is 9.53. The number of carbonyl (C=O) groups excluding carboxylic acids is 2. The Morgan fingerprint density at radius 3 is 2.07 bits per heavy atom. The van der Waals surface area contributed by atoms with Gasteiger partial charge in [0.05, 0.1) is 4.87 Å². The Labute approximate surface area is 185 Å². The summed E-state index contributed by atoms with van der Waals surface area (Å²) in [5, 5.41) is 3.55. The van der Waals surface area contributed by atoms with Gasteiger partial charge in [-0.15, -0.1) is 11.8 Å². The predicted octanol–water partition coefficient (Wildman–Crippen LogP) is 4.22. The summed E-state index contributed by atoms with van der Waals surface area (Å²) in [6.45, 7) is 2.48. The number of urea groups is 1. The van der Waals surface area contributed by atoms with Crippen LogP contribution in [0, 0.1) is 23.7 Å². The number of rotatable bonds is 2. The Morgan fingerprint density at radius 2 is 1.47 bits per heavy atom. The van der Waals surface area contributed by atoms with Gasteiger partial charge in [0.1, 0.15) is 0 Å². The van der Waals surface area contributed by atoms with Gasteiger partial charge in [0.25, 0.3) is 0 Å². The minimum Gasteiger partial charge on any atom is -0.333 e. The summed E-state index contributed by atoms with van der Waals surface area (Å²) >= 11 is 1.98. The molecule has 6 heteroatoms. The third kappa shape index (κ3) is 3.27. The fraction of sp³-hybridized carbons (Fsp3) is 0.917. The van der Waals surface area contributed by atoms with E-state index in [4.69, 9.17) is 0 Å². The van der Waals surface area contributed by atoms with Crippen LogP contribution in [-0.4, -0.2) is 57.5 Å². The van der Waals surface area contributed by atoms with E-state index in [1.807, 2.05) is 11.8 Å². The summed E-state index contributed by atoms with van der Waals surface area (Å²) in [6, 6.07) is 0.170. The summed E-state index contributed by atoms with van der Waals surface area (Å²) < 4.78 is 0. The average Bonchev–Trinajstić information content (AvgIpc) is 3.37. The van der Waals surface area contributed by atoms with Crippen molar-refractivity contribution in [2.75, 3.05) is 25.4 Å². The van der Waals surface area contributed by atoms with Gasteiger partial charge < -0.3 is 15.1 Å². The highest BCUT2D eigenvalue weighted by Crippen LogP contribution is 2.55. The van der Waals surface area contributed by atoms with E-state index in [9.17, 15) is 9.59 Å². The lowest BCUT2D eigenvalue weighted by Crippen LogP contribution is -2.63. The summed E-state index contributed by atoms with van der Waals surface area (Å²) in [7, 11) is 0. The second kappa shape index (κ2) is 7.31. The van der Waals surface area contributed by atoms with Crippen molar-refractivity contribution in [1.82, 2.24) is 15.1 Å². The molecular weight excluding hydrogens is 394 g/mol. The van der Waals surface area contributed by atoms with Crippen LogP contribution in [0.5, 0.6) is 0 Å². The van der Waals surface area contributed by atoms with Crippen LogP contribution in [0.2, 0.25) is 0 Å². The maximum Gasteiger partial charge on any atom is 0.317 e. The molecule has 2 heterocycles. The van der Waals surface area contributed by atoms with Crippen LogP contribution in [0.25, 0.3) is 0 Å². The monoisotopic (exact) mass is 431 g/mol. The number of nitrogens with one attached hydrogen (secondary N) is 1. The molecule has 0 radical (unpaired) electrons. The summed E-state index contributed by atoms with van der Waals surface area (Å²) in [5.41, 5.74) is 0.0908. The topological polar surface area (TPSA) is 52.7 Å². The Morgan fingerprint density at radius 1 is 0.867 bits per heavy atom. The second-order valence-electron chi connectivity index (χ2n) is 11.4. The van der Waals surface area contributed by atoms with Crippen LogP contribution < -0.4 is 5.32 Å². The van der Waals surface area contributed by atoms with Gasteiger partial charge in [0.15, 0.2) is 0 Å². The molecule has 0 aromatic heterocycles. The highest BCUT2D eigenvalue weighted by Gasteiger charge is 2.53. The maximum atomic E-state index is 13.2. The van der Waals surface area contributed by atoms with E-state index in [0.717, 1.165) is 68.8 Å². The molecule has 3 amide bonds. The fourth-order valence-corrected chi connectivity index (χ4v) is 9.82. The molecule has 30 heavy (non-hydrogen) atoms. The molecule has 4 bridgehead atoms. The van der Waals surface area contributed by atoms with Gasteiger partial charge in [-0.1, -0.05) is 12.8 Å². The van der Waals surface area contributed by atoms with Crippen LogP contribution in [0.15, 0.2) is 0 Å². The van der Waals surface area contributed by atoms with Gasteiger partial charge >= 0.3 is 6.03 Å². The van der Waals surface area contributed by atoms with Gasteiger partial charge in [0.2, 0.25) is 5.91 Å². The van der Waals surface area contributed by atoms with Crippen LogP contribution in [0.3, 0.4) is 0 Å². The molecule has 2 saturated heterocycles. The summed E-state index contributed by atoms with van der Waals surface area (Å²) in [4.78, 5) is 30.6. The van der Waals surface area contributed by atoms with E-state index in [1.54, 1.807) is 0 Å². The number of likely N-dealkylation sites (tertiary alicyclic amines) is 1. The smallest absolute Gasteiger partial charge is 0.317 e. The summed E-state index contributed by atoms with van der Waals surface area (Å²) in [5.74, 6) is 4.28. The number of carbonyl (C=O) groups is 2. The molecule has 7 rings (SSSR count). The molecule has 1 spiro atoms. The quantitative estimate of drug-likeness (QED) is 0.712. The maximum absolute atomic E-state index is 13.2. The highest BCUT2D eigenvalue weighted by atomic mass is 32.2. The third-order valence-electron chi connectivity index (χ3n) is 9.39. The second-order valence-corrected chi connectivity index (χ2v) is 12.8. The van der Waals surface area contributed by atoms with E-state index < -0.39 is 0 Å². The lowest BCUT2D eigenvalue weighted by molar-refractivity contribution is -0.138. The molecule has 5 aliphatic carbocycles. The molecule has 5 nitrogen and oxygen atoms in total. The predicted molar refractivity (Wildman–Crippen MR) is 119 cm³/mol. The van der Waals surface area contributed by atoms with Crippen LogP contribution in [-0.2, 0) is 4.79 Å². The SMILES string of the molecule is O=C(NC12CC3CC(CC(C3)C1)C2)N1CCC2(CC1)SCCN2C(=O)C1CCCC1. The van der Waals surface area contributed by atoms with E-state index >= 15 is 0 Å². The number of piperidine rings is 1. The van der Waals surface area contributed by atoms with Crippen molar-refractivity contribution in [1.29, 1.82) is 0 Å². The van der Waals surface area contributed by atoms with Gasteiger partial charge in [-0.05, 0) is 82.0 Å². The molecule has 0 aromatic rings. The van der Waals surface area contributed by atoms with E-state index in [0.29, 0.717) is 5.91 Å². The third-order valence-corrected chi connectivity index (χ3v) is 10.9. The molecule has 5 saturated carbocycles. The average molecular weight is 432 g/mol. The van der Waals surface area contributed by atoms with Crippen molar-refractivity contribution in [2.45, 2.75) is 87.5 Å². The lowest BCUT2D eigenvalue weighted by Gasteiger charge is -2.57. The van der Waals surface area contributed by atoms with Crippen molar-refractivity contribution in [3.05, 3.63) is 0 Å². The first kappa shape index (κ1) is 19.8. The van der Waals surface area contributed by atoms with Gasteiger partial charge in [-0.25, -0.2) is 4.79 Å². The fourth-order valence-electron chi connectivity index (χ4n) is 8.36. The van der Waals surface area contributed by atoms with Crippen molar-refractivity contribution in [3.63, 3.8) is 0 Å². The summed E-state index contributed by atoms with van der Waals surface area (Å²) in [6.07, 6.45) is 14.3. The highest BCUT2D eigenvalue weighted by molar-refractivity contribution is 8.00. The number of nitrogens with zero attached hydrogens (tertiary/aromatic N) is 2. The van der Waals surface area contributed by atoms with E-state index in [1.165, 1.54) is 51.4 Å². The molecule has 166 valence electrons. The zero-order chi connectivity index (χ0) is 20.3. The standard InChI is InChI=1S/C24H37N3O2S/c28-21(20-3-1-2-4-20)27-9-10-30-24(27)5-7-26(8-6-24)22(29)25-23-14-17-11-18(15-23)13-19(12-17)16-23/h17-20H,1-16H2,(H,25,29). The van der Waals surface area contributed by atoms with Crippen molar-refractivity contribution in [3.8, 4) is 0 Å². The Kier molecular flexibility index (Phi) is 4.82. The number of hydrogen-bond donors (Lipinski definition) is 1. The largest absolute Gasteiger partial charge is 0.333 e. The minimum atomic E-state index is -0.0445. The van der Waals surface area contributed by atoms with Crippen molar-refractivity contribution < 1.29 is 9.59 Å². The van der Waals surface area contributed by atoms with Gasteiger partial charge in [-0.3, -0.25) is 4.79 Å². The van der Waals surface area contributed by atoms with Gasteiger partial charge in [0, 0.05) is 36.8 Å². The molecule has 0 atom stereocenters. The normalized spacial score (nSPS) is 39.8. The molecule has 2 aliphatic heterocycles. The first-order chi connectivity index (χ1) is 14.5. The first-order valence-electron chi connectivity index (χ1n) is 12.6. The number of thioether (sulfide) groups is 1. The zero-order valence-electron chi connectivity index (χ0n) is 18.2. The zero-order valence-corrected chi connectivity index (χ0v) is 19.1. The van der Waals surface area contributed by atoms with Crippen LogP contribution in [0.1, 0.15) is 77.0 Å². The molecule has 1 N–H and O–H groups in total. The Hall–Kier alpha value is -0.910. The molecular formula is C24H37N3O2S. The van der Waals surface area contributed by atoms with E-state index in [2.05, 4.69) is 15.1 Å². The molecule has 7 fully saturated rings. The van der Waals surface area contributed by atoms with E-state index in [-0.39, 0.29) is 22.4 Å². The Balaban J connectivity index is 1.09. The van der Waals surface area contributed by atoms with Crippen LogP contribution in [0.4, 0.5) is 4.79 Å². The Bertz CT molecular complexity index is 676. The molecule has 0 unspecified atom stereocenters.